The zero-order valence-electron chi connectivity index (χ0n) is 17.5. The molecule has 0 radical (unpaired) electrons. The number of ether oxygens (including phenoxy) is 2. The Labute approximate surface area is 181 Å². The van der Waals surface area contributed by atoms with Gasteiger partial charge in [-0.15, -0.1) is 0 Å². The van der Waals surface area contributed by atoms with Crippen LogP contribution in [-0.2, 0) is 30.3 Å². The molecule has 1 N–H and O–H groups in total. The summed E-state index contributed by atoms with van der Waals surface area (Å²) in [5, 5.41) is 2.48. The Kier molecular flexibility index (Phi) is 8.92. The van der Waals surface area contributed by atoms with Gasteiger partial charge in [-0.3, -0.25) is 4.79 Å². The Morgan fingerprint density at radius 1 is 0.867 bits per heavy atom. The molecule has 2 rings (SSSR count). The number of rotatable bonds is 10. The van der Waals surface area contributed by atoms with Crippen LogP contribution in [0.1, 0.15) is 32.8 Å². The largest absolute Gasteiger partial charge is 0.464 e. The number of aryl methyl sites for hydroxylation is 1. The Morgan fingerprint density at radius 3 is 1.90 bits per heavy atom. The van der Waals surface area contributed by atoms with E-state index in [0.29, 0.717) is 6.42 Å². The summed E-state index contributed by atoms with van der Waals surface area (Å²) >= 11 is 1.65. The highest BCUT2D eigenvalue weighted by molar-refractivity contribution is 7.99. The fraction of sp³-hybridized carbons (Fsp3) is 0.348. The molecular weight excluding hydrogens is 402 g/mol. The van der Waals surface area contributed by atoms with Crippen molar-refractivity contribution in [2.75, 3.05) is 13.2 Å². The van der Waals surface area contributed by atoms with E-state index >= 15 is 0 Å². The predicted octanol–water partition coefficient (Wildman–Crippen LogP) is 3.77. The summed E-state index contributed by atoms with van der Waals surface area (Å²) < 4.78 is 10.2. The number of carbonyl (C=O) groups is 3. The highest BCUT2D eigenvalue weighted by Gasteiger charge is 2.49. The van der Waals surface area contributed by atoms with Gasteiger partial charge in [0.25, 0.3) is 0 Å². The molecule has 30 heavy (non-hydrogen) atoms. The van der Waals surface area contributed by atoms with Crippen molar-refractivity contribution in [2.24, 2.45) is 0 Å². The molecule has 0 heterocycles. The van der Waals surface area contributed by atoms with Gasteiger partial charge >= 0.3 is 11.9 Å². The molecule has 0 aliphatic carbocycles. The molecule has 0 fully saturated rings. The lowest BCUT2D eigenvalue weighted by atomic mass is 9.90. The second kappa shape index (κ2) is 11.4. The van der Waals surface area contributed by atoms with E-state index in [4.69, 9.17) is 9.47 Å². The van der Waals surface area contributed by atoms with Crippen molar-refractivity contribution in [2.45, 2.75) is 48.9 Å². The van der Waals surface area contributed by atoms with E-state index < -0.39 is 23.4 Å². The van der Waals surface area contributed by atoms with Crippen LogP contribution in [0.25, 0.3) is 0 Å². The van der Waals surface area contributed by atoms with Gasteiger partial charge in [0.1, 0.15) is 0 Å². The highest BCUT2D eigenvalue weighted by Crippen LogP contribution is 2.28. The maximum absolute atomic E-state index is 12.7. The third kappa shape index (κ3) is 6.35. The highest BCUT2D eigenvalue weighted by atomic mass is 32.2. The van der Waals surface area contributed by atoms with E-state index in [-0.39, 0.29) is 19.6 Å². The molecule has 0 spiro atoms. The smallest absolute Gasteiger partial charge is 0.343 e. The van der Waals surface area contributed by atoms with Crippen LogP contribution in [0.3, 0.4) is 0 Å². The number of hydrogen-bond acceptors (Lipinski definition) is 6. The molecule has 0 atom stereocenters. The van der Waals surface area contributed by atoms with Crippen LogP contribution in [0.15, 0.2) is 64.4 Å². The van der Waals surface area contributed by atoms with Crippen molar-refractivity contribution < 1.29 is 23.9 Å². The van der Waals surface area contributed by atoms with Crippen LogP contribution in [0.4, 0.5) is 0 Å². The van der Waals surface area contributed by atoms with Gasteiger partial charge < -0.3 is 14.8 Å². The molecular formula is C23H27NO5S. The zero-order chi connectivity index (χ0) is 22.0. The second-order valence-electron chi connectivity index (χ2n) is 6.59. The van der Waals surface area contributed by atoms with Gasteiger partial charge in [-0.05, 0) is 56.5 Å². The standard InChI is InChI=1S/C23H27NO5S/c1-4-28-21(26)23(24-17(3)25,22(27)29-5-2)16-15-18-11-13-20(14-12-18)30-19-9-7-6-8-10-19/h6-14H,4-5,15-16H2,1-3H3,(H,24,25). The monoisotopic (exact) mass is 429 g/mol. The fourth-order valence-electron chi connectivity index (χ4n) is 2.94. The topological polar surface area (TPSA) is 81.7 Å². The van der Waals surface area contributed by atoms with E-state index in [1.165, 1.54) is 6.92 Å². The van der Waals surface area contributed by atoms with Crippen LogP contribution < -0.4 is 5.32 Å². The maximum atomic E-state index is 12.7. The Balaban J connectivity index is 2.17. The van der Waals surface area contributed by atoms with Crippen molar-refractivity contribution in [3.05, 3.63) is 60.2 Å². The summed E-state index contributed by atoms with van der Waals surface area (Å²) in [4.78, 5) is 39.3. The molecule has 2 aromatic rings. The lowest BCUT2D eigenvalue weighted by molar-refractivity contribution is -0.168. The molecule has 0 saturated carbocycles. The summed E-state index contributed by atoms with van der Waals surface area (Å²) in [5.74, 6) is -2.13. The maximum Gasteiger partial charge on any atom is 0.343 e. The van der Waals surface area contributed by atoms with Gasteiger partial charge in [-0.25, -0.2) is 9.59 Å². The Hall–Kier alpha value is -2.80. The van der Waals surface area contributed by atoms with Gasteiger partial charge in [-0.2, -0.15) is 0 Å². The minimum Gasteiger partial charge on any atom is -0.464 e. The molecule has 6 nitrogen and oxygen atoms in total. The molecule has 1 amide bonds. The summed E-state index contributed by atoms with van der Waals surface area (Å²) in [7, 11) is 0. The molecule has 0 bridgehead atoms. The van der Waals surface area contributed by atoms with Gasteiger partial charge in [0.15, 0.2) is 0 Å². The average Bonchev–Trinajstić information content (AvgIpc) is 2.73. The summed E-state index contributed by atoms with van der Waals surface area (Å²) in [6, 6.07) is 17.9. The first-order chi connectivity index (χ1) is 14.4. The second-order valence-corrected chi connectivity index (χ2v) is 7.73. The van der Waals surface area contributed by atoms with Crippen molar-refractivity contribution in [3.63, 3.8) is 0 Å². The van der Waals surface area contributed by atoms with Crippen LogP contribution in [0.2, 0.25) is 0 Å². The lowest BCUT2D eigenvalue weighted by Crippen LogP contribution is -2.61. The zero-order valence-corrected chi connectivity index (χ0v) is 18.3. The molecule has 7 heteroatoms. The lowest BCUT2D eigenvalue weighted by Gasteiger charge is -2.29. The van der Waals surface area contributed by atoms with Gasteiger partial charge in [0.2, 0.25) is 11.4 Å². The normalized spacial score (nSPS) is 10.9. The van der Waals surface area contributed by atoms with Crippen LogP contribution in [0, 0.1) is 0 Å². The van der Waals surface area contributed by atoms with Crippen molar-refractivity contribution in [1.82, 2.24) is 5.32 Å². The molecule has 2 aromatic carbocycles. The minimum absolute atomic E-state index is 0.0371. The Bertz CT molecular complexity index is 834. The van der Waals surface area contributed by atoms with E-state index in [1.807, 2.05) is 54.6 Å². The minimum atomic E-state index is -1.87. The first-order valence-electron chi connectivity index (χ1n) is 9.86. The molecule has 0 aliphatic rings. The van der Waals surface area contributed by atoms with Gasteiger partial charge in [0.05, 0.1) is 13.2 Å². The first kappa shape index (κ1) is 23.5. The third-order valence-corrected chi connectivity index (χ3v) is 5.34. The van der Waals surface area contributed by atoms with Gasteiger partial charge in [0, 0.05) is 16.7 Å². The summed E-state index contributed by atoms with van der Waals surface area (Å²) in [5.41, 5.74) is -0.939. The van der Waals surface area contributed by atoms with Crippen molar-refractivity contribution >= 4 is 29.6 Å². The van der Waals surface area contributed by atoms with Crippen LogP contribution in [-0.4, -0.2) is 36.6 Å². The van der Waals surface area contributed by atoms with E-state index in [9.17, 15) is 14.4 Å². The number of hydrogen-bond donors (Lipinski definition) is 1. The Morgan fingerprint density at radius 2 is 1.40 bits per heavy atom. The quantitative estimate of drug-likeness (QED) is 0.457. The number of amides is 1. The van der Waals surface area contributed by atoms with Gasteiger partial charge in [-0.1, -0.05) is 42.1 Å². The SMILES string of the molecule is CCOC(=O)C(CCc1ccc(Sc2ccccc2)cc1)(NC(C)=O)C(=O)OCC. The van der Waals surface area contributed by atoms with Crippen molar-refractivity contribution in [1.29, 1.82) is 0 Å². The summed E-state index contributed by atoms with van der Waals surface area (Å²) in [6.45, 7) is 4.72. The van der Waals surface area contributed by atoms with E-state index in [1.54, 1.807) is 25.6 Å². The number of benzene rings is 2. The van der Waals surface area contributed by atoms with Crippen LogP contribution in [0.5, 0.6) is 0 Å². The summed E-state index contributed by atoms with van der Waals surface area (Å²) in [6.07, 6.45) is 0.420. The molecule has 0 aliphatic heterocycles. The molecule has 0 aromatic heterocycles. The molecule has 160 valence electrons. The first-order valence-corrected chi connectivity index (χ1v) is 10.7. The molecule has 0 saturated heterocycles. The van der Waals surface area contributed by atoms with E-state index in [2.05, 4.69) is 5.32 Å². The van der Waals surface area contributed by atoms with Crippen molar-refractivity contribution in [3.8, 4) is 0 Å². The number of esters is 2. The predicted molar refractivity (Wildman–Crippen MR) is 115 cm³/mol. The van der Waals surface area contributed by atoms with E-state index in [0.717, 1.165) is 15.4 Å². The third-order valence-electron chi connectivity index (χ3n) is 4.33. The molecule has 0 unspecified atom stereocenters. The average molecular weight is 430 g/mol. The van der Waals surface area contributed by atoms with Crippen LogP contribution >= 0.6 is 11.8 Å². The number of nitrogens with one attached hydrogen (secondary N) is 1. The number of carbonyl (C=O) groups excluding carboxylic acids is 3. The fourth-order valence-corrected chi connectivity index (χ4v) is 3.78.